The fourth-order valence-corrected chi connectivity index (χ4v) is 2.45. The van der Waals surface area contributed by atoms with Crippen LogP contribution in [0.15, 0.2) is 30.3 Å². The van der Waals surface area contributed by atoms with Gasteiger partial charge in [-0.15, -0.1) is 24.8 Å². The van der Waals surface area contributed by atoms with Crippen molar-refractivity contribution in [2.45, 2.75) is 44.8 Å². The molecule has 3 N–H and O–H groups in total. The molecule has 22 heavy (non-hydrogen) atoms. The van der Waals surface area contributed by atoms with Crippen LogP contribution in [0, 0.1) is 0 Å². The zero-order chi connectivity index (χ0) is 14.6. The van der Waals surface area contributed by atoms with Crippen LogP contribution < -0.4 is 11.1 Å². The molecule has 0 radical (unpaired) electrons. The van der Waals surface area contributed by atoms with Crippen molar-refractivity contribution in [3.05, 3.63) is 35.9 Å². The van der Waals surface area contributed by atoms with Crippen LogP contribution in [0.1, 0.15) is 32.3 Å². The minimum Gasteiger partial charge on any atom is -0.352 e. The van der Waals surface area contributed by atoms with E-state index in [0.717, 1.165) is 32.5 Å². The minimum absolute atomic E-state index is 0. The third kappa shape index (κ3) is 6.53. The Hall–Kier alpha value is -0.810. The summed E-state index contributed by atoms with van der Waals surface area (Å²) < 4.78 is 0. The van der Waals surface area contributed by atoms with Crippen molar-refractivity contribution >= 4 is 30.7 Å². The average Bonchev–Trinajstić information content (AvgIpc) is 2.41. The number of rotatable bonds is 4. The number of likely N-dealkylation sites (tertiary alicyclic amines) is 1. The van der Waals surface area contributed by atoms with E-state index in [-0.39, 0.29) is 36.8 Å². The molecule has 1 heterocycles. The Morgan fingerprint density at radius 1 is 1.23 bits per heavy atom. The highest BCUT2D eigenvalue weighted by molar-refractivity contribution is 5.86. The second kappa shape index (κ2) is 9.36. The summed E-state index contributed by atoms with van der Waals surface area (Å²) >= 11 is 0. The molecule has 1 aromatic carbocycles. The van der Waals surface area contributed by atoms with Crippen LogP contribution in [-0.2, 0) is 11.3 Å². The first-order valence-corrected chi connectivity index (χ1v) is 7.31. The fraction of sp³-hybridized carbons (Fsp3) is 0.562. The van der Waals surface area contributed by atoms with E-state index >= 15 is 0 Å². The second-order valence-corrected chi connectivity index (χ2v) is 6.23. The number of hydrogen-bond acceptors (Lipinski definition) is 3. The lowest BCUT2D eigenvalue weighted by Crippen LogP contribution is -2.54. The van der Waals surface area contributed by atoms with E-state index < -0.39 is 5.54 Å². The van der Waals surface area contributed by atoms with Crippen LogP contribution in [0.4, 0.5) is 0 Å². The van der Waals surface area contributed by atoms with Gasteiger partial charge in [-0.3, -0.25) is 9.69 Å². The number of nitrogens with two attached hydrogens (primary N) is 1. The highest BCUT2D eigenvalue weighted by Gasteiger charge is 2.26. The van der Waals surface area contributed by atoms with Gasteiger partial charge in [-0.05, 0) is 32.3 Å². The maximum absolute atomic E-state index is 11.9. The lowest BCUT2D eigenvalue weighted by atomic mass is 10.0. The Morgan fingerprint density at radius 2 is 1.77 bits per heavy atom. The SMILES string of the molecule is CC(C)(N)C(=O)NC1CCN(Cc2ccccc2)CC1.Cl.Cl. The van der Waals surface area contributed by atoms with Crippen molar-refractivity contribution < 1.29 is 4.79 Å². The first kappa shape index (κ1) is 21.2. The quantitative estimate of drug-likeness (QED) is 0.878. The molecule has 0 aliphatic carbocycles. The van der Waals surface area contributed by atoms with Gasteiger partial charge in [-0.1, -0.05) is 30.3 Å². The van der Waals surface area contributed by atoms with Gasteiger partial charge in [0, 0.05) is 25.7 Å². The smallest absolute Gasteiger partial charge is 0.239 e. The molecule has 1 aliphatic heterocycles. The number of carbonyl (C=O) groups is 1. The van der Waals surface area contributed by atoms with Crippen molar-refractivity contribution in [3.63, 3.8) is 0 Å². The van der Waals surface area contributed by atoms with E-state index in [2.05, 4.69) is 34.5 Å². The third-order valence-corrected chi connectivity index (χ3v) is 3.76. The Bertz CT molecular complexity index is 440. The Balaban J connectivity index is 0.00000220. The van der Waals surface area contributed by atoms with E-state index in [9.17, 15) is 4.79 Å². The largest absolute Gasteiger partial charge is 0.352 e. The van der Waals surface area contributed by atoms with Gasteiger partial charge in [0.1, 0.15) is 0 Å². The van der Waals surface area contributed by atoms with Gasteiger partial charge >= 0.3 is 0 Å². The van der Waals surface area contributed by atoms with Crippen molar-refractivity contribution in [1.29, 1.82) is 0 Å². The third-order valence-electron chi connectivity index (χ3n) is 3.76. The number of benzene rings is 1. The van der Waals surface area contributed by atoms with Crippen LogP contribution in [-0.4, -0.2) is 35.5 Å². The fourth-order valence-electron chi connectivity index (χ4n) is 2.45. The molecule has 6 heteroatoms. The molecule has 1 saturated heterocycles. The molecule has 4 nitrogen and oxygen atoms in total. The standard InChI is InChI=1S/C16H25N3O.2ClH/c1-16(2,17)15(20)18-14-8-10-19(11-9-14)12-13-6-4-3-5-7-13;;/h3-7,14H,8-12,17H2,1-2H3,(H,18,20);2*1H. The van der Waals surface area contributed by atoms with Crippen molar-refractivity contribution in [1.82, 2.24) is 10.2 Å². The number of piperidine rings is 1. The van der Waals surface area contributed by atoms with Crippen molar-refractivity contribution in [3.8, 4) is 0 Å². The van der Waals surface area contributed by atoms with E-state index in [4.69, 9.17) is 5.73 Å². The molecular weight excluding hydrogens is 321 g/mol. The van der Waals surface area contributed by atoms with Gasteiger partial charge in [-0.2, -0.15) is 0 Å². The van der Waals surface area contributed by atoms with Gasteiger partial charge in [-0.25, -0.2) is 0 Å². The normalized spacial score (nSPS) is 16.3. The van der Waals surface area contributed by atoms with Crippen LogP contribution in [0.3, 0.4) is 0 Å². The molecule has 0 bridgehead atoms. The summed E-state index contributed by atoms with van der Waals surface area (Å²) in [4.78, 5) is 14.3. The van der Waals surface area contributed by atoms with E-state index in [0.29, 0.717) is 0 Å². The van der Waals surface area contributed by atoms with Crippen molar-refractivity contribution in [2.75, 3.05) is 13.1 Å². The summed E-state index contributed by atoms with van der Waals surface area (Å²) in [5.41, 5.74) is 6.36. The molecule has 2 rings (SSSR count). The summed E-state index contributed by atoms with van der Waals surface area (Å²) in [5.74, 6) is -0.0565. The molecule has 1 amide bonds. The molecule has 1 aromatic rings. The van der Waals surface area contributed by atoms with E-state index in [1.54, 1.807) is 13.8 Å². The first-order chi connectivity index (χ1) is 9.45. The average molecular weight is 348 g/mol. The van der Waals surface area contributed by atoms with Crippen LogP contribution in [0.25, 0.3) is 0 Å². The van der Waals surface area contributed by atoms with Gasteiger partial charge in [0.2, 0.25) is 5.91 Å². The molecule has 1 aliphatic rings. The van der Waals surface area contributed by atoms with Crippen LogP contribution in [0.2, 0.25) is 0 Å². The second-order valence-electron chi connectivity index (χ2n) is 6.23. The Kier molecular flexibility index (Phi) is 9.01. The zero-order valence-electron chi connectivity index (χ0n) is 13.2. The monoisotopic (exact) mass is 347 g/mol. The summed E-state index contributed by atoms with van der Waals surface area (Å²) in [5, 5.41) is 3.05. The molecule has 1 fully saturated rings. The lowest BCUT2D eigenvalue weighted by Gasteiger charge is -2.33. The number of nitrogens with one attached hydrogen (secondary N) is 1. The van der Waals surface area contributed by atoms with E-state index in [1.807, 2.05) is 6.07 Å². The Labute approximate surface area is 145 Å². The molecule has 0 spiro atoms. The van der Waals surface area contributed by atoms with Gasteiger partial charge in [0.05, 0.1) is 5.54 Å². The molecule has 0 unspecified atom stereocenters. The topological polar surface area (TPSA) is 58.4 Å². The van der Waals surface area contributed by atoms with Crippen LogP contribution >= 0.6 is 24.8 Å². The predicted molar refractivity (Wildman–Crippen MR) is 95.6 cm³/mol. The number of nitrogens with zero attached hydrogens (tertiary/aromatic N) is 1. The van der Waals surface area contributed by atoms with Crippen LogP contribution in [0.5, 0.6) is 0 Å². The van der Waals surface area contributed by atoms with Gasteiger partial charge in [0.25, 0.3) is 0 Å². The highest BCUT2D eigenvalue weighted by Crippen LogP contribution is 2.14. The highest BCUT2D eigenvalue weighted by atomic mass is 35.5. The number of amides is 1. The number of halogens is 2. The predicted octanol–water partition coefficient (Wildman–Crippen LogP) is 2.35. The molecule has 126 valence electrons. The lowest BCUT2D eigenvalue weighted by molar-refractivity contribution is -0.126. The molecule has 0 atom stereocenters. The van der Waals surface area contributed by atoms with Gasteiger partial charge in [0.15, 0.2) is 0 Å². The summed E-state index contributed by atoms with van der Waals surface area (Å²) in [6.07, 6.45) is 1.99. The minimum atomic E-state index is -0.791. The summed E-state index contributed by atoms with van der Waals surface area (Å²) in [6.45, 7) is 6.51. The zero-order valence-corrected chi connectivity index (χ0v) is 14.9. The summed E-state index contributed by atoms with van der Waals surface area (Å²) in [6, 6.07) is 10.8. The number of carbonyl (C=O) groups excluding carboxylic acids is 1. The summed E-state index contributed by atoms with van der Waals surface area (Å²) in [7, 11) is 0. The maximum atomic E-state index is 11.9. The van der Waals surface area contributed by atoms with Gasteiger partial charge < -0.3 is 11.1 Å². The Morgan fingerprint density at radius 3 is 2.27 bits per heavy atom. The number of hydrogen-bond donors (Lipinski definition) is 2. The van der Waals surface area contributed by atoms with E-state index in [1.165, 1.54) is 5.56 Å². The molecular formula is C16H27Cl2N3O. The maximum Gasteiger partial charge on any atom is 0.239 e. The first-order valence-electron chi connectivity index (χ1n) is 7.31. The molecule has 0 saturated carbocycles. The molecule has 0 aromatic heterocycles. The van der Waals surface area contributed by atoms with Crippen molar-refractivity contribution in [2.24, 2.45) is 5.73 Å².